The van der Waals surface area contributed by atoms with Crippen LogP contribution in [0.2, 0.25) is 5.02 Å². The molecule has 7 nitrogen and oxygen atoms in total. The zero-order chi connectivity index (χ0) is 37.6. The van der Waals surface area contributed by atoms with Crippen LogP contribution in [0, 0.1) is 23.7 Å². The second kappa shape index (κ2) is 21.6. The Balaban J connectivity index is 0.00000297. The summed E-state index contributed by atoms with van der Waals surface area (Å²) >= 11 is 6.47. The Morgan fingerprint density at radius 3 is 2.52 bits per heavy atom. The number of fused-ring (bicyclic) bond motifs is 1. The monoisotopic (exact) mass is 758 g/mol. The van der Waals surface area contributed by atoms with Crippen molar-refractivity contribution in [3.63, 3.8) is 0 Å². The van der Waals surface area contributed by atoms with Crippen molar-refractivity contribution in [3.05, 3.63) is 70.3 Å². The molecule has 7 atom stereocenters. The number of ether oxygens (including phenoxy) is 1. The highest BCUT2D eigenvalue weighted by Gasteiger charge is 2.39. The molecular weight excluding hydrogens is 695 g/mol. The number of anilines is 1. The predicted molar refractivity (Wildman–Crippen MR) is 221 cm³/mol. The van der Waals surface area contributed by atoms with Crippen LogP contribution >= 0.6 is 22.3 Å². The summed E-state index contributed by atoms with van der Waals surface area (Å²) < 4.78 is 22.9. The van der Waals surface area contributed by atoms with Crippen molar-refractivity contribution in [1.82, 2.24) is 14.5 Å². The molecule has 1 saturated heterocycles. The molecule has 7 unspecified atom stereocenters. The fourth-order valence-electron chi connectivity index (χ4n) is 8.15. The highest BCUT2D eigenvalue weighted by Crippen LogP contribution is 2.44. The number of allylic oxidation sites excluding steroid dienone is 1. The van der Waals surface area contributed by atoms with E-state index in [2.05, 4.69) is 70.3 Å². The number of benzene rings is 2. The number of aldehydes is 1. The number of nitrogens with zero attached hydrogens (tertiary/aromatic N) is 3. The minimum Gasteiger partial charge on any atom is -0.491 e. The van der Waals surface area contributed by atoms with Gasteiger partial charge >= 0.3 is 0 Å². The van der Waals surface area contributed by atoms with Crippen LogP contribution < -0.4 is 14.4 Å². The predicted octanol–water partition coefficient (Wildman–Crippen LogP) is 7.73. The number of hydrogen-bond donors (Lipinski definition) is 2. The summed E-state index contributed by atoms with van der Waals surface area (Å²) in [6.07, 6.45) is 11.4. The van der Waals surface area contributed by atoms with Crippen LogP contribution in [0.25, 0.3) is 0 Å². The number of hydrogen-bond acceptors (Lipinski definition) is 7. The maximum absolute atomic E-state index is 13.1. The van der Waals surface area contributed by atoms with Gasteiger partial charge in [0.25, 0.3) is 0 Å². The van der Waals surface area contributed by atoms with Gasteiger partial charge in [-0.05, 0) is 97.9 Å². The molecule has 0 amide bonds. The number of carbonyl (C=O) groups is 1. The summed E-state index contributed by atoms with van der Waals surface area (Å²) in [6.45, 7) is 14.4. The lowest BCUT2D eigenvalue weighted by atomic mass is 9.66. The van der Waals surface area contributed by atoms with E-state index in [4.69, 9.17) is 21.4 Å². The summed E-state index contributed by atoms with van der Waals surface area (Å²) in [5.41, 5.74) is 4.32. The van der Waals surface area contributed by atoms with E-state index in [0.29, 0.717) is 47.6 Å². The summed E-state index contributed by atoms with van der Waals surface area (Å²) in [7, 11) is 2.96. The molecule has 2 aromatic carbocycles. The minimum absolute atomic E-state index is 0.0471. The number of nitrogens with one attached hydrogen (secondary N) is 1. The number of halogens is 2. The first-order valence-electron chi connectivity index (χ1n) is 19.3. The fourth-order valence-corrected chi connectivity index (χ4v) is 9.39. The number of aliphatic hydroxyl groups is 1. The number of rotatable bonds is 17. The fraction of sp³-hybridized carbons (Fsp3) is 0.619. The van der Waals surface area contributed by atoms with Gasteiger partial charge in [0.15, 0.2) is 0 Å². The normalized spacial score (nSPS) is 23.3. The summed E-state index contributed by atoms with van der Waals surface area (Å²) in [4.78, 5) is 19.3. The van der Waals surface area contributed by atoms with Crippen LogP contribution in [0.5, 0.6) is 5.75 Å². The largest absolute Gasteiger partial charge is 0.491 e. The Hall–Kier alpha value is -2.27. The first-order chi connectivity index (χ1) is 25.2. The molecule has 0 radical (unpaired) electrons. The average molecular weight is 760 g/mol. The van der Waals surface area contributed by atoms with Crippen LogP contribution in [0.3, 0.4) is 0 Å². The third kappa shape index (κ3) is 11.4. The van der Waals surface area contributed by atoms with E-state index in [1.165, 1.54) is 24.0 Å². The van der Waals surface area contributed by atoms with Gasteiger partial charge < -0.3 is 19.6 Å². The van der Waals surface area contributed by atoms with Gasteiger partial charge in [-0.25, -0.2) is 4.39 Å². The second-order valence-electron chi connectivity index (χ2n) is 14.8. The van der Waals surface area contributed by atoms with Crippen LogP contribution in [-0.2, 0) is 6.42 Å². The maximum Gasteiger partial charge on any atom is 0.150 e. The van der Waals surface area contributed by atoms with Gasteiger partial charge in [0, 0.05) is 81.2 Å². The summed E-state index contributed by atoms with van der Waals surface area (Å²) in [5.74, 6) is 7.49. The van der Waals surface area contributed by atoms with Crippen LogP contribution in [0.15, 0.2) is 48.6 Å². The molecule has 2 heterocycles. The third-order valence-electron chi connectivity index (χ3n) is 11.6. The number of aliphatic hydroxyl groups excluding tert-OH is 1. The molecule has 1 aliphatic carbocycles. The van der Waals surface area contributed by atoms with E-state index >= 15 is 0 Å². The molecule has 52 heavy (non-hydrogen) atoms. The van der Waals surface area contributed by atoms with E-state index in [-0.39, 0.29) is 23.3 Å². The Morgan fingerprint density at radius 2 is 1.87 bits per heavy atom. The van der Waals surface area contributed by atoms with Gasteiger partial charge in [-0.3, -0.25) is 14.4 Å². The molecule has 2 fully saturated rings. The van der Waals surface area contributed by atoms with Gasteiger partial charge in [-0.15, -0.1) is 10.7 Å². The Bertz CT molecular complexity index is 1450. The number of piperazine rings is 1. The number of aryl methyl sites for hydroxylation is 1. The Labute approximate surface area is 321 Å². The minimum atomic E-state index is -0.272. The van der Waals surface area contributed by atoms with Gasteiger partial charge in [0.05, 0.1) is 12.3 Å². The molecule has 2 aromatic rings. The lowest BCUT2D eigenvalue weighted by Crippen LogP contribution is -2.50. The summed E-state index contributed by atoms with van der Waals surface area (Å²) in [6, 6.07) is 12.2. The van der Waals surface area contributed by atoms with Gasteiger partial charge in [0.2, 0.25) is 0 Å². The molecule has 2 N–H and O–H groups in total. The average Bonchev–Trinajstić information content (AvgIpc) is 3.33. The maximum atomic E-state index is 13.1. The Morgan fingerprint density at radius 1 is 1.12 bits per heavy atom. The van der Waals surface area contributed by atoms with Crippen LogP contribution in [-0.4, -0.2) is 112 Å². The molecule has 0 spiro atoms. The smallest absolute Gasteiger partial charge is 0.150 e. The molecule has 10 heteroatoms. The molecule has 290 valence electrons. The topological polar surface area (TPSA) is 68.3 Å². The SMILES string of the molecule is C=S(NC)C(C)C(C)C/C=C/C(CN1CCN(CCF)CC1)C1CCC1CN1CC(c2ccc(Cl)cc2CCC)COc2ccc(C=O)cc21.CO. The highest BCUT2D eigenvalue weighted by molar-refractivity contribution is 8.12. The zero-order valence-electron chi connectivity index (χ0n) is 32.2. The van der Waals surface area contributed by atoms with E-state index in [9.17, 15) is 9.18 Å². The first-order valence-corrected chi connectivity index (χ1v) is 21.2. The molecular formula is C42H64ClFN4O3S. The van der Waals surface area contributed by atoms with E-state index in [0.717, 1.165) is 94.9 Å². The lowest BCUT2D eigenvalue weighted by Gasteiger charge is -2.46. The standard InChI is InChI=1S/C41H60ClFN4O2S.CH4O/c1-6-8-33-24-37(42)13-15-38(33)36-27-47(40-23-32(28-48)11-16-41(40)49-29-36)26-35-12-14-39(35)34(10-7-9-30(2)31(3)50(5)44-4)25-46-21-19-45(18-17-43)20-22-46;1-2/h7,10-11,13,15-16,23-24,28,30-31,34-36,39,44H,5-6,8-9,12,14,17-22,25-27,29H2,1-4H3;2H,1H3/b10-7+;. The van der Waals surface area contributed by atoms with Crippen molar-refractivity contribution in [2.45, 2.75) is 64.0 Å². The van der Waals surface area contributed by atoms with E-state index in [1.54, 1.807) is 0 Å². The zero-order valence-corrected chi connectivity index (χ0v) is 33.8. The van der Waals surface area contributed by atoms with Crippen molar-refractivity contribution in [1.29, 1.82) is 0 Å². The molecule has 0 bridgehead atoms. The molecule has 5 rings (SSSR count). The number of carbonyl (C=O) groups excluding carboxylic acids is 1. The molecule has 1 saturated carbocycles. The Kier molecular flexibility index (Phi) is 17.6. The molecule has 2 aliphatic heterocycles. The summed E-state index contributed by atoms with van der Waals surface area (Å²) in [5, 5.41) is 8.29. The van der Waals surface area contributed by atoms with Crippen molar-refractivity contribution in [2.24, 2.45) is 23.7 Å². The molecule has 3 aliphatic rings. The van der Waals surface area contributed by atoms with Crippen LogP contribution in [0.1, 0.15) is 73.9 Å². The third-order valence-corrected chi connectivity index (χ3v) is 13.7. The quantitative estimate of drug-likeness (QED) is 0.0973. The van der Waals surface area contributed by atoms with Crippen molar-refractivity contribution < 1.29 is 19.0 Å². The van der Waals surface area contributed by atoms with Crippen molar-refractivity contribution in [3.8, 4) is 5.75 Å². The van der Waals surface area contributed by atoms with Gasteiger partial charge in [-0.2, -0.15) is 0 Å². The van der Waals surface area contributed by atoms with Gasteiger partial charge in [0.1, 0.15) is 18.7 Å². The second-order valence-corrected chi connectivity index (χ2v) is 17.3. The van der Waals surface area contributed by atoms with Crippen LogP contribution in [0.4, 0.5) is 10.1 Å². The first kappa shape index (κ1) is 42.5. The highest BCUT2D eigenvalue weighted by atomic mass is 35.5. The van der Waals surface area contributed by atoms with Crippen molar-refractivity contribution >= 4 is 40.1 Å². The molecule has 0 aromatic heterocycles. The van der Waals surface area contributed by atoms with Gasteiger partial charge in [-0.1, -0.05) is 62.9 Å². The van der Waals surface area contributed by atoms with E-state index < -0.39 is 0 Å². The lowest BCUT2D eigenvalue weighted by molar-refractivity contribution is 0.0725. The van der Waals surface area contributed by atoms with Crippen molar-refractivity contribution in [2.75, 3.05) is 84.7 Å². The number of alkyl halides is 1. The van der Waals surface area contributed by atoms with E-state index in [1.807, 2.05) is 31.3 Å².